The Kier molecular flexibility index (Phi) is 6.25. The number of quaternary nitrogens is 1. The van der Waals surface area contributed by atoms with Gasteiger partial charge in [-0.3, -0.25) is 4.79 Å². The zero-order chi connectivity index (χ0) is 20.3. The second kappa shape index (κ2) is 8.65. The normalized spacial score (nSPS) is 16.0. The minimum Gasteiger partial charge on any atom is -0.497 e. The third kappa shape index (κ3) is 3.99. The van der Waals surface area contributed by atoms with Crippen LogP contribution in [0.1, 0.15) is 40.0 Å². The van der Waals surface area contributed by atoms with Crippen molar-refractivity contribution < 1.29 is 19.2 Å². The quantitative estimate of drug-likeness (QED) is 0.779. The van der Waals surface area contributed by atoms with E-state index >= 15 is 0 Å². The number of hydrogen-bond donors (Lipinski definition) is 1. The molecule has 5 heteroatoms. The van der Waals surface area contributed by atoms with Crippen LogP contribution in [0.3, 0.4) is 0 Å². The Bertz CT molecular complexity index is 842. The lowest BCUT2D eigenvalue weighted by Crippen LogP contribution is -3.14. The van der Waals surface area contributed by atoms with Gasteiger partial charge >= 0.3 is 0 Å². The Labute approximate surface area is 167 Å². The molecule has 0 amide bonds. The summed E-state index contributed by atoms with van der Waals surface area (Å²) in [5.74, 6) is 1.70. The molecule has 0 saturated carbocycles. The second-order valence-corrected chi connectivity index (χ2v) is 7.59. The van der Waals surface area contributed by atoms with Crippen molar-refractivity contribution in [3.63, 3.8) is 0 Å². The van der Waals surface area contributed by atoms with Gasteiger partial charge < -0.3 is 19.3 Å². The van der Waals surface area contributed by atoms with Crippen LogP contribution in [0.4, 0.5) is 5.69 Å². The molecule has 0 bridgehead atoms. The Morgan fingerprint density at radius 1 is 1.04 bits per heavy atom. The van der Waals surface area contributed by atoms with Crippen molar-refractivity contribution in [1.82, 2.24) is 0 Å². The van der Waals surface area contributed by atoms with Crippen molar-refractivity contribution in [2.24, 2.45) is 0 Å². The van der Waals surface area contributed by atoms with E-state index in [1.54, 1.807) is 19.1 Å². The van der Waals surface area contributed by atoms with Crippen LogP contribution >= 0.6 is 0 Å². The van der Waals surface area contributed by atoms with Gasteiger partial charge in [-0.1, -0.05) is 0 Å². The number of hydrogen-bond acceptors (Lipinski definition) is 4. The fourth-order valence-corrected chi connectivity index (χ4v) is 4.15. The molecule has 1 N–H and O–H groups in total. The van der Waals surface area contributed by atoms with Crippen LogP contribution in [-0.2, 0) is 0 Å². The highest BCUT2D eigenvalue weighted by Gasteiger charge is 2.28. The van der Waals surface area contributed by atoms with Crippen molar-refractivity contribution >= 4 is 12.0 Å². The highest BCUT2D eigenvalue weighted by Crippen LogP contribution is 2.29. The first-order valence-corrected chi connectivity index (χ1v) is 9.86. The van der Waals surface area contributed by atoms with E-state index in [2.05, 4.69) is 30.9 Å². The molecule has 28 heavy (non-hydrogen) atoms. The van der Waals surface area contributed by atoms with E-state index in [1.165, 1.54) is 16.8 Å². The molecular weight excluding hydrogens is 352 g/mol. The third-order valence-corrected chi connectivity index (χ3v) is 5.98. The molecule has 1 atom stereocenters. The van der Waals surface area contributed by atoms with Gasteiger partial charge in [-0.05, 0) is 56.2 Å². The number of carbonyl (C=O) groups excluding carboxylic acids is 1. The van der Waals surface area contributed by atoms with E-state index in [0.717, 1.165) is 55.1 Å². The number of nitrogens with zero attached hydrogens (tertiary/aromatic N) is 1. The Morgan fingerprint density at radius 2 is 1.75 bits per heavy atom. The Balaban J connectivity index is 1.72. The van der Waals surface area contributed by atoms with Crippen molar-refractivity contribution in [2.75, 3.05) is 45.3 Å². The number of nitrogens with one attached hydrogen (secondary N) is 1. The summed E-state index contributed by atoms with van der Waals surface area (Å²) in [4.78, 5) is 15.2. The van der Waals surface area contributed by atoms with Gasteiger partial charge in [-0.25, -0.2) is 0 Å². The standard InChI is InChI=1S/C23H30N2O3/c1-16-13-22(17(2)12-19(16)15-26)25-10-8-24(9-11-25)18(3)21-7-6-20(27-4)14-23(21)28-5/h6-7,12-15,18H,8-11H2,1-5H3/p+1/t18-/m1/s1. The lowest BCUT2D eigenvalue weighted by Gasteiger charge is -2.37. The first-order valence-electron chi connectivity index (χ1n) is 9.86. The molecule has 1 aliphatic rings. The SMILES string of the molecule is COc1ccc([C@@H](C)[NH+]2CCN(c3cc(C)c(C=O)cc3C)CC2)c(OC)c1. The van der Waals surface area contributed by atoms with Gasteiger partial charge in [0, 0.05) is 17.3 Å². The smallest absolute Gasteiger partial charge is 0.150 e. The molecule has 0 spiro atoms. The number of carbonyl (C=O) groups is 1. The average Bonchev–Trinajstić information content (AvgIpc) is 2.74. The predicted molar refractivity (Wildman–Crippen MR) is 112 cm³/mol. The summed E-state index contributed by atoms with van der Waals surface area (Å²) in [7, 11) is 3.39. The number of piperazine rings is 1. The molecular formula is C23H31N2O3+. The topological polar surface area (TPSA) is 43.2 Å². The molecule has 0 radical (unpaired) electrons. The van der Waals surface area contributed by atoms with Gasteiger partial charge in [0.05, 0.1) is 46.0 Å². The monoisotopic (exact) mass is 383 g/mol. The number of aldehydes is 1. The molecule has 1 saturated heterocycles. The van der Waals surface area contributed by atoms with E-state index in [9.17, 15) is 4.79 Å². The zero-order valence-electron chi connectivity index (χ0n) is 17.5. The molecule has 3 rings (SSSR count). The number of rotatable bonds is 6. The zero-order valence-corrected chi connectivity index (χ0v) is 17.5. The molecule has 0 aromatic heterocycles. The fraction of sp³-hybridized carbons (Fsp3) is 0.435. The summed E-state index contributed by atoms with van der Waals surface area (Å²) in [5, 5.41) is 0. The molecule has 1 fully saturated rings. The van der Waals surface area contributed by atoms with Crippen molar-refractivity contribution in [3.8, 4) is 11.5 Å². The van der Waals surface area contributed by atoms with Crippen LogP contribution in [0.2, 0.25) is 0 Å². The molecule has 2 aromatic rings. The van der Waals surface area contributed by atoms with Crippen molar-refractivity contribution in [3.05, 3.63) is 52.6 Å². The van der Waals surface area contributed by atoms with Crippen LogP contribution in [0.15, 0.2) is 30.3 Å². The molecule has 1 aliphatic heterocycles. The van der Waals surface area contributed by atoms with Crippen molar-refractivity contribution in [1.29, 1.82) is 0 Å². The minimum absolute atomic E-state index is 0.350. The maximum atomic E-state index is 11.2. The van der Waals surface area contributed by atoms with Crippen LogP contribution in [0, 0.1) is 13.8 Å². The number of anilines is 1. The summed E-state index contributed by atoms with van der Waals surface area (Å²) in [5.41, 5.74) is 5.46. The number of ether oxygens (including phenoxy) is 2. The summed E-state index contributed by atoms with van der Waals surface area (Å²) < 4.78 is 10.9. The van der Waals surface area contributed by atoms with Gasteiger partial charge in [0.1, 0.15) is 23.8 Å². The lowest BCUT2D eigenvalue weighted by atomic mass is 10.0. The molecule has 1 heterocycles. The predicted octanol–water partition coefficient (Wildman–Crippen LogP) is 2.60. The minimum atomic E-state index is 0.350. The summed E-state index contributed by atoms with van der Waals surface area (Å²) in [6.07, 6.45) is 0.943. The maximum Gasteiger partial charge on any atom is 0.150 e. The van der Waals surface area contributed by atoms with E-state index < -0.39 is 0 Å². The highest BCUT2D eigenvalue weighted by atomic mass is 16.5. The highest BCUT2D eigenvalue weighted by molar-refractivity contribution is 5.79. The van der Waals surface area contributed by atoms with Crippen LogP contribution in [0.25, 0.3) is 0 Å². The molecule has 2 aromatic carbocycles. The first kappa shape index (κ1) is 20.2. The van der Waals surface area contributed by atoms with E-state index in [0.29, 0.717) is 6.04 Å². The Morgan fingerprint density at radius 3 is 2.36 bits per heavy atom. The molecule has 150 valence electrons. The summed E-state index contributed by atoms with van der Waals surface area (Å²) in [6, 6.07) is 10.6. The second-order valence-electron chi connectivity index (χ2n) is 7.59. The van der Waals surface area contributed by atoms with Gasteiger partial charge in [0.15, 0.2) is 0 Å². The van der Waals surface area contributed by atoms with Gasteiger partial charge in [-0.15, -0.1) is 0 Å². The van der Waals surface area contributed by atoms with Crippen LogP contribution < -0.4 is 19.3 Å². The average molecular weight is 384 g/mol. The maximum absolute atomic E-state index is 11.2. The first-order chi connectivity index (χ1) is 13.5. The van der Waals surface area contributed by atoms with Gasteiger partial charge in [0.25, 0.3) is 0 Å². The molecule has 0 aliphatic carbocycles. The van der Waals surface area contributed by atoms with Crippen LogP contribution in [-0.4, -0.2) is 46.7 Å². The van der Waals surface area contributed by atoms with E-state index in [4.69, 9.17) is 9.47 Å². The fourth-order valence-electron chi connectivity index (χ4n) is 4.15. The third-order valence-electron chi connectivity index (χ3n) is 5.98. The number of aryl methyl sites for hydroxylation is 2. The largest absolute Gasteiger partial charge is 0.497 e. The number of methoxy groups -OCH3 is 2. The van der Waals surface area contributed by atoms with Crippen molar-refractivity contribution in [2.45, 2.75) is 26.8 Å². The van der Waals surface area contributed by atoms with E-state index in [1.807, 2.05) is 25.1 Å². The summed E-state index contributed by atoms with van der Waals surface area (Å²) >= 11 is 0. The Hall–Kier alpha value is -2.53. The van der Waals surface area contributed by atoms with Gasteiger partial charge in [-0.2, -0.15) is 0 Å². The lowest BCUT2D eigenvalue weighted by molar-refractivity contribution is -0.930. The molecule has 5 nitrogen and oxygen atoms in total. The summed E-state index contributed by atoms with van der Waals surface area (Å²) in [6.45, 7) is 10.5. The number of benzene rings is 2. The van der Waals surface area contributed by atoms with Crippen LogP contribution in [0.5, 0.6) is 11.5 Å². The molecule has 0 unspecified atom stereocenters. The van der Waals surface area contributed by atoms with Gasteiger partial charge in [0.2, 0.25) is 0 Å². The van der Waals surface area contributed by atoms with E-state index in [-0.39, 0.29) is 0 Å².